The number of nitrogens with one attached hydrogen (secondary N) is 3. The van der Waals surface area contributed by atoms with Gasteiger partial charge in [-0.25, -0.2) is 0 Å². The number of rotatable bonds is 8. The fourth-order valence-electron chi connectivity index (χ4n) is 3.12. The van der Waals surface area contributed by atoms with Gasteiger partial charge in [0.2, 0.25) is 5.91 Å². The van der Waals surface area contributed by atoms with Crippen LogP contribution in [0.25, 0.3) is 0 Å². The highest BCUT2D eigenvalue weighted by atomic mass is 32.1. The Morgan fingerprint density at radius 1 is 0.879 bits per heavy atom. The summed E-state index contributed by atoms with van der Waals surface area (Å²) in [6.45, 7) is 3.84. The quantitative estimate of drug-likeness (QED) is 0.403. The maximum absolute atomic E-state index is 12.5. The molecule has 0 saturated heterocycles. The molecule has 0 spiro atoms. The van der Waals surface area contributed by atoms with Gasteiger partial charge in [0.25, 0.3) is 5.91 Å². The van der Waals surface area contributed by atoms with Crippen LogP contribution in [0.2, 0.25) is 0 Å². The van der Waals surface area contributed by atoms with Crippen molar-refractivity contribution in [3.05, 3.63) is 90.0 Å². The van der Waals surface area contributed by atoms with Crippen LogP contribution in [-0.4, -0.2) is 23.0 Å². The Hall–Kier alpha value is -3.71. The van der Waals surface area contributed by atoms with E-state index >= 15 is 0 Å². The van der Waals surface area contributed by atoms with Crippen LogP contribution in [-0.2, 0) is 11.2 Å². The van der Waals surface area contributed by atoms with Crippen LogP contribution < -0.4 is 20.7 Å². The fraction of sp³-hybridized carbons (Fsp3) is 0.192. The molecule has 2 amide bonds. The van der Waals surface area contributed by atoms with Crippen LogP contribution in [0, 0.1) is 0 Å². The fourth-order valence-corrected chi connectivity index (χ4v) is 3.33. The van der Waals surface area contributed by atoms with E-state index in [9.17, 15) is 9.59 Å². The van der Waals surface area contributed by atoms with Crippen LogP contribution in [0.1, 0.15) is 36.2 Å². The van der Waals surface area contributed by atoms with E-state index in [2.05, 4.69) is 16.0 Å². The third-order valence-electron chi connectivity index (χ3n) is 4.58. The molecular formula is C26H27N3O3S. The highest BCUT2D eigenvalue weighted by molar-refractivity contribution is 7.80. The first-order chi connectivity index (χ1) is 15.9. The number of carbonyl (C=O) groups is 2. The summed E-state index contributed by atoms with van der Waals surface area (Å²) in [5.74, 6) is 0.203. The summed E-state index contributed by atoms with van der Waals surface area (Å²) in [6.07, 6.45) is 1.07. The van der Waals surface area contributed by atoms with Crippen LogP contribution in [0.15, 0.2) is 78.9 Å². The number of thiocarbonyl (C=S) groups is 1. The zero-order chi connectivity index (χ0) is 23.6. The number of hydrogen-bond acceptors (Lipinski definition) is 4. The molecule has 3 N–H and O–H groups in total. The average Bonchev–Trinajstić information content (AvgIpc) is 2.78. The summed E-state index contributed by atoms with van der Waals surface area (Å²) in [7, 11) is 0. The van der Waals surface area contributed by atoms with Crippen molar-refractivity contribution in [3.63, 3.8) is 0 Å². The molecule has 7 heteroatoms. The third-order valence-corrected chi connectivity index (χ3v) is 4.79. The van der Waals surface area contributed by atoms with E-state index in [1.54, 1.807) is 48.5 Å². The molecule has 0 unspecified atom stereocenters. The number of benzene rings is 3. The van der Waals surface area contributed by atoms with E-state index in [1.807, 2.05) is 44.2 Å². The van der Waals surface area contributed by atoms with Crippen LogP contribution >= 0.6 is 12.2 Å². The van der Waals surface area contributed by atoms with Gasteiger partial charge in [-0.15, -0.1) is 0 Å². The smallest absolute Gasteiger partial charge is 0.257 e. The number of aryl methyl sites for hydroxylation is 1. The number of carbonyl (C=O) groups excluding carboxylic acids is 2. The van der Waals surface area contributed by atoms with Gasteiger partial charge in [-0.1, -0.05) is 42.5 Å². The number of anilines is 2. The van der Waals surface area contributed by atoms with Gasteiger partial charge in [-0.3, -0.25) is 14.9 Å². The first kappa shape index (κ1) is 23.9. The zero-order valence-electron chi connectivity index (χ0n) is 18.6. The molecule has 3 aromatic carbocycles. The molecule has 0 aromatic heterocycles. The van der Waals surface area contributed by atoms with Crippen molar-refractivity contribution in [2.24, 2.45) is 0 Å². The first-order valence-corrected chi connectivity index (χ1v) is 11.1. The lowest BCUT2D eigenvalue weighted by molar-refractivity contribution is -0.116. The minimum Gasteiger partial charge on any atom is -0.491 e. The highest BCUT2D eigenvalue weighted by Crippen LogP contribution is 2.17. The Morgan fingerprint density at radius 3 is 2.30 bits per heavy atom. The van der Waals surface area contributed by atoms with Crippen molar-refractivity contribution in [2.75, 3.05) is 10.6 Å². The van der Waals surface area contributed by atoms with Gasteiger partial charge in [-0.05, 0) is 74.4 Å². The minimum atomic E-state index is -0.341. The Kier molecular flexibility index (Phi) is 8.55. The van der Waals surface area contributed by atoms with Crippen molar-refractivity contribution >= 4 is 40.5 Å². The van der Waals surface area contributed by atoms with Gasteiger partial charge in [0.1, 0.15) is 5.75 Å². The molecule has 0 aliphatic rings. The second-order valence-corrected chi connectivity index (χ2v) is 8.13. The van der Waals surface area contributed by atoms with Gasteiger partial charge >= 0.3 is 0 Å². The molecule has 0 atom stereocenters. The van der Waals surface area contributed by atoms with E-state index in [0.29, 0.717) is 35.5 Å². The van der Waals surface area contributed by atoms with E-state index in [0.717, 1.165) is 5.56 Å². The summed E-state index contributed by atoms with van der Waals surface area (Å²) < 4.78 is 5.63. The molecule has 0 heterocycles. The lowest BCUT2D eigenvalue weighted by Gasteiger charge is -2.13. The summed E-state index contributed by atoms with van der Waals surface area (Å²) in [5.41, 5.74) is 2.85. The molecule has 0 aliphatic carbocycles. The molecule has 0 radical (unpaired) electrons. The summed E-state index contributed by atoms with van der Waals surface area (Å²) in [4.78, 5) is 24.8. The largest absolute Gasteiger partial charge is 0.491 e. The predicted molar refractivity (Wildman–Crippen MR) is 136 cm³/mol. The molecule has 6 nitrogen and oxygen atoms in total. The Balaban J connectivity index is 1.52. The van der Waals surface area contributed by atoms with Crippen molar-refractivity contribution in [1.29, 1.82) is 0 Å². The van der Waals surface area contributed by atoms with Gasteiger partial charge < -0.3 is 15.4 Å². The first-order valence-electron chi connectivity index (χ1n) is 10.7. The molecular weight excluding hydrogens is 434 g/mol. The topological polar surface area (TPSA) is 79.5 Å². The van der Waals surface area contributed by atoms with E-state index in [1.165, 1.54) is 0 Å². The molecule has 3 rings (SSSR count). The molecule has 0 bridgehead atoms. The van der Waals surface area contributed by atoms with Gasteiger partial charge in [0, 0.05) is 23.4 Å². The standard InChI is InChI=1S/C26H27N3O3S/c1-18(2)32-23-13-6-10-20(16-23)25(31)29-26(33)28-22-12-7-11-21(17-22)27-24(30)15-14-19-8-4-3-5-9-19/h3-13,16-18H,14-15H2,1-2H3,(H,27,30)(H2,28,29,31,33). The van der Waals surface area contributed by atoms with E-state index < -0.39 is 0 Å². The lowest BCUT2D eigenvalue weighted by atomic mass is 10.1. The minimum absolute atomic E-state index is 0.0113. The Bertz CT molecular complexity index is 1120. The van der Waals surface area contributed by atoms with Crippen molar-refractivity contribution in [1.82, 2.24) is 5.32 Å². The summed E-state index contributed by atoms with van der Waals surface area (Å²) >= 11 is 5.28. The van der Waals surface area contributed by atoms with Crippen LogP contribution in [0.3, 0.4) is 0 Å². The average molecular weight is 462 g/mol. The van der Waals surface area contributed by atoms with Crippen molar-refractivity contribution in [3.8, 4) is 5.75 Å². The maximum atomic E-state index is 12.5. The number of ether oxygens (including phenoxy) is 1. The van der Waals surface area contributed by atoms with Gasteiger partial charge in [0.05, 0.1) is 6.10 Å². The van der Waals surface area contributed by atoms with Gasteiger partial charge in [0.15, 0.2) is 5.11 Å². The SMILES string of the molecule is CC(C)Oc1cccc(C(=O)NC(=S)Nc2cccc(NC(=O)CCc3ccccc3)c2)c1. The third kappa shape index (κ3) is 8.05. The molecule has 0 aliphatic heterocycles. The van der Waals surface area contributed by atoms with Crippen LogP contribution in [0.4, 0.5) is 11.4 Å². The van der Waals surface area contributed by atoms with Gasteiger partial charge in [-0.2, -0.15) is 0 Å². The van der Waals surface area contributed by atoms with Crippen molar-refractivity contribution in [2.45, 2.75) is 32.8 Å². The van der Waals surface area contributed by atoms with Crippen molar-refractivity contribution < 1.29 is 14.3 Å². The monoisotopic (exact) mass is 461 g/mol. The van der Waals surface area contributed by atoms with E-state index in [-0.39, 0.29) is 23.0 Å². The molecule has 170 valence electrons. The maximum Gasteiger partial charge on any atom is 0.257 e. The number of amides is 2. The summed E-state index contributed by atoms with van der Waals surface area (Å²) in [5, 5.41) is 8.69. The Morgan fingerprint density at radius 2 is 1.58 bits per heavy atom. The molecule has 0 saturated carbocycles. The predicted octanol–water partition coefficient (Wildman–Crippen LogP) is 5.17. The second-order valence-electron chi connectivity index (χ2n) is 7.72. The molecule has 3 aromatic rings. The van der Waals surface area contributed by atoms with E-state index in [4.69, 9.17) is 17.0 Å². The zero-order valence-corrected chi connectivity index (χ0v) is 19.4. The molecule has 0 fully saturated rings. The van der Waals surface area contributed by atoms with Crippen LogP contribution in [0.5, 0.6) is 5.75 Å². The lowest BCUT2D eigenvalue weighted by Crippen LogP contribution is -2.34. The summed E-state index contributed by atoms with van der Waals surface area (Å²) in [6, 6.07) is 23.9. The second kappa shape index (κ2) is 11.8. The number of hydrogen-bond donors (Lipinski definition) is 3. The normalized spacial score (nSPS) is 10.4. The molecule has 33 heavy (non-hydrogen) atoms. The highest BCUT2D eigenvalue weighted by Gasteiger charge is 2.10. The Labute approximate surface area is 199 Å².